The smallest absolute Gasteiger partial charge is 0.160 e. The van der Waals surface area contributed by atoms with Crippen molar-refractivity contribution in [1.82, 2.24) is 19.5 Å². The number of aryl methyl sites for hydroxylation is 1. The molecule has 0 radical (unpaired) electrons. The molecular formula is C20H25N5O2. The largest absolute Gasteiger partial charge is 0.504 e. The molecule has 0 aliphatic carbocycles. The molecule has 3 N–H and O–H groups in total. The Bertz CT molecular complexity index is 960. The van der Waals surface area contributed by atoms with Crippen LogP contribution in [-0.4, -0.2) is 44.8 Å². The quantitative estimate of drug-likeness (QED) is 0.737. The fourth-order valence-corrected chi connectivity index (χ4v) is 3.82. The zero-order valence-electron chi connectivity index (χ0n) is 15.7. The first-order valence-corrected chi connectivity index (χ1v) is 9.24. The maximum Gasteiger partial charge on any atom is 0.160 e. The first kappa shape index (κ1) is 17.6. The average molecular weight is 367 g/mol. The lowest BCUT2D eigenvalue weighted by atomic mass is 9.93. The summed E-state index contributed by atoms with van der Waals surface area (Å²) in [6.07, 6.45) is 2.08. The zero-order chi connectivity index (χ0) is 19.0. The summed E-state index contributed by atoms with van der Waals surface area (Å²) in [5.41, 5.74) is 10.0. The molecule has 7 heteroatoms. The van der Waals surface area contributed by atoms with E-state index in [1.807, 2.05) is 31.2 Å². The van der Waals surface area contributed by atoms with E-state index in [4.69, 9.17) is 15.5 Å². The third kappa shape index (κ3) is 3.55. The minimum atomic E-state index is 0.189. The van der Waals surface area contributed by atoms with Gasteiger partial charge in [-0.15, -0.1) is 0 Å². The lowest BCUT2D eigenvalue weighted by molar-refractivity contribution is 0.203. The van der Waals surface area contributed by atoms with E-state index in [9.17, 15) is 5.11 Å². The van der Waals surface area contributed by atoms with Gasteiger partial charge in [0.2, 0.25) is 0 Å². The Balaban J connectivity index is 1.42. The van der Waals surface area contributed by atoms with Crippen molar-refractivity contribution in [2.45, 2.75) is 32.2 Å². The van der Waals surface area contributed by atoms with Gasteiger partial charge in [0.15, 0.2) is 17.1 Å². The Labute approximate surface area is 158 Å². The molecule has 4 rings (SSSR count). The van der Waals surface area contributed by atoms with Crippen molar-refractivity contribution in [2.24, 2.45) is 0 Å². The third-order valence-corrected chi connectivity index (χ3v) is 5.25. The van der Waals surface area contributed by atoms with Crippen LogP contribution in [0, 0.1) is 6.92 Å². The maximum atomic E-state index is 9.96. The Kier molecular flexibility index (Phi) is 4.61. The average Bonchev–Trinajstić information content (AvgIpc) is 3.03. The van der Waals surface area contributed by atoms with Crippen LogP contribution < -0.4 is 10.5 Å². The first-order valence-electron chi connectivity index (χ1n) is 9.24. The summed E-state index contributed by atoms with van der Waals surface area (Å²) in [5.74, 6) is 1.74. The number of piperidine rings is 1. The molecule has 0 amide bonds. The number of fused-ring (bicyclic) bond motifs is 1. The van der Waals surface area contributed by atoms with Crippen LogP contribution in [-0.2, 0) is 6.54 Å². The van der Waals surface area contributed by atoms with Gasteiger partial charge in [-0.3, -0.25) is 4.90 Å². The molecule has 3 aromatic rings. The van der Waals surface area contributed by atoms with Gasteiger partial charge in [0.05, 0.1) is 12.8 Å². The molecule has 0 spiro atoms. The number of nitrogen functional groups attached to an aromatic ring is 1. The van der Waals surface area contributed by atoms with Gasteiger partial charge in [-0.25, -0.2) is 4.98 Å². The second-order valence-electron chi connectivity index (χ2n) is 7.22. The highest BCUT2D eigenvalue weighted by molar-refractivity contribution is 5.48. The molecule has 0 unspecified atom stereocenters. The SMILES string of the molecule is COc1ccc(CN2CCC(c3cc(N)n4nc(C)cc4n3)CC2)cc1O. The lowest BCUT2D eigenvalue weighted by Crippen LogP contribution is -2.32. The van der Waals surface area contributed by atoms with Crippen molar-refractivity contribution >= 4 is 11.5 Å². The molecule has 1 aliphatic heterocycles. The van der Waals surface area contributed by atoms with E-state index in [1.165, 1.54) is 0 Å². The Hall–Kier alpha value is -2.80. The summed E-state index contributed by atoms with van der Waals surface area (Å²) in [7, 11) is 1.56. The van der Waals surface area contributed by atoms with Crippen molar-refractivity contribution in [3.63, 3.8) is 0 Å². The van der Waals surface area contributed by atoms with Gasteiger partial charge in [-0.2, -0.15) is 9.61 Å². The maximum absolute atomic E-state index is 9.96. The normalized spacial score (nSPS) is 16.1. The highest BCUT2D eigenvalue weighted by atomic mass is 16.5. The second kappa shape index (κ2) is 7.08. The predicted molar refractivity (Wildman–Crippen MR) is 104 cm³/mol. The molecule has 0 atom stereocenters. The number of hydrogen-bond donors (Lipinski definition) is 2. The molecule has 1 fully saturated rings. The van der Waals surface area contributed by atoms with Crippen LogP contribution in [0.3, 0.4) is 0 Å². The second-order valence-corrected chi connectivity index (χ2v) is 7.22. The van der Waals surface area contributed by atoms with Gasteiger partial charge in [0, 0.05) is 30.3 Å². The number of phenols is 1. The molecule has 1 aliphatic rings. The van der Waals surface area contributed by atoms with Crippen LogP contribution in [0.15, 0.2) is 30.3 Å². The number of phenolic OH excluding ortho intramolecular Hbond substituents is 1. The van der Waals surface area contributed by atoms with E-state index >= 15 is 0 Å². The fraction of sp³-hybridized carbons (Fsp3) is 0.400. The van der Waals surface area contributed by atoms with Gasteiger partial charge >= 0.3 is 0 Å². The van der Waals surface area contributed by atoms with Gasteiger partial charge in [0.25, 0.3) is 0 Å². The minimum absolute atomic E-state index is 0.189. The van der Waals surface area contributed by atoms with Crippen LogP contribution in [0.4, 0.5) is 5.82 Å². The number of anilines is 1. The summed E-state index contributed by atoms with van der Waals surface area (Å²) in [6, 6.07) is 9.52. The highest BCUT2D eigenvalue weighted by Crippen LogP contribution is 2.31. The number of likely N-dealkylation sites (tertiary alicyclic amines) is 1. The fourth-order valence-electron chi connectivity index (χ4n) is 3.82. The summed E-state index contributed by atoms with van der Waals surface area (Å²) in [6.45, 7) is 4.75. The van der Waals surface area contributed by atoms with Crippen LogP contribution in [0.5, 0.6) is 11.5 Å². The number of methoxy groups -OCH3 is 1. The van der Waals surface area contributed by atoms with E-state index < -0.39 is 0 Å². The van der Waals surface area contributed by atoms with Crippen molar-refractivity contribution in [3.8, 4) is 11.5 Å². The molecule has 0 bridgehead atoms. The first-order chi connectivity index (χ1) is 13.0. The molecular weight excluding hydrogens is 342 g/mol. The van der Waals surface area contributed by atoms with Crippen LogP contribution >= 0.6 is 0 Å². The number of aromatic nitrogens is 3. The van der Waals surface area contributed by atoms with Crippen LogP contribution in [0.25, 0.3) is 5.65 Å². The number of ether oxygens (including phenoxy) is 1. The number of nitrogens with zero attached hydrogens (tertiary/aromatic N) is 4. The van der Waals surface area contributed by atoms with Gasteiger partial charge in [-0.05, 0) is 50.6 Å². The molecule has 3 heterocycles. The van der Waals surface area contributed by atoms with Crippen LogP contribution in [0.2, 0.25) is 0 Å². The van der Waals surface area contributed by atoms with Gasteiger partial charge < -0.3 is 15.6 Å². The van der Waals surface area contributed by atoms with E-state index in [1.54, 1.807) is 17.7 Å². The molecule has 1 aromatic carbocycles. The van der Waals surface area contributed by atoms with Gasteiger partial charge in [-0.1, -0.05) is 6.07 Å². The standard InChI is InChI=1S/C20H25N5O2/c1-13-9-20-22-16(11-19(21)25(20)23-13)15-5-7-24(8-6-15)12-14-3-4-18(27-2)17(26)10-14/h3-4,9-11,15,26H,5-8,12,21H2,1-2H3. The zero-order valence-corrected chi connectivity index (χ0v) is 15.7. The van der Waals surface area contributed by atoms with E-state index in [2.05, 4.69) is 10.00 Å². The Morgan fingerprint density at radius 2 is 2.00 bits per heavy atom. The minimum Gasteiger partial charge on any atom is -0.504 e. The van der Waals surface area contributed by atoms with Gasteiger partial charge in [0.1, 0.15) is 5.82 Å². The molecule has 142 valence electrons. The van der Waals surface area contributed by atoms with E-state index in [0.717, 1.165) is 55.1 Å². The monoisotopic (exact) mass is 367 g/mol. The summed E-state index contributed by atoms with van der Waals surface area (Å²) in [5, 5.41) is 14.3. The van der Waals surface area contributed by atoms with E-state index in [-0.39, 0.29) is 5.75 Å². The van der Waals surface area contributed by atoms with Crippen molar-refractivity contribution in [3.05, 3.63) is 47.3 Å². The number of aromatic hydroxyl groups is 1. The summed E-state index contributed by atoms with van der Waals surface area (Å²) >= 11 is 0. The molecule has 27 heavy (non-hydrogen) atoms. The molecule has 1 saturated heterocycles. The molecule has 7 nitrogen and oxygen atoms in total. The van der Waals surface area contributed by atoms with Crippen LogP contribution in [0.1, 0.15) is 35.7 Å². The van der Waals surface area contributed by atoms with Crippen molar-refractivity contribution in [1.29, 1.82) is 0 Å². The van der Waals surface area contributed by atoms with E-state index in [0.29, 0.717) is 17.5 Å². The third-order valence-electron chi connectivity index (χ3n) is 5.25. The Morgan fingerprint density at radius 3 is 2.70 bits per heavy atom. The summed E-state index contributed by atoms with van der Waals surface area (Å²) < 4.78 is 6.81. The number of hydrogen-bond acceptors (Lipinski definition) is 6. The van der Waals surface area contributed by atoms with Crippen molar-refractivity contribution < 1.29 is 9.84 Å². The Morgan fingerprint density at radius 1 is 1.22 bits per heavy atom. The van der Waals surface area contributed by atoms with Crippen molar-refractivity contribution in [2.75, 3.05) is 25.9 Å². The highest BCUT2D eigenvalue weighted by Gasteiger charge is 2.23. The number of rotatable bonds is 4. The topological polar surface area (TPSA) is 88.9 Å². The number of benzene rings is 1. The molecule has 0 saturated carbocycles. The number of nitrogens with two attached hydrogens (primary N) is 1. The molecule has 2 aromatic heterocycles. The predicted octanol–water partition coefficient (Wildman–Crippen LogP) is 2.71. The lowest BCUT2D eigenvalue weighted by Gasteiger charge is -2.31. The summed E-state index contributed by atoms with van der Waals surface area (Å²) in [4.78, 5) is 7.18.